The fraction of sp³-hybridized carbons (Fsp3) is 0.240. The number of unbranched alkanes of at least 4 members (excludes halogenated alkanes) is 1. The van der Waals surface area contributed by atoms with Crippen molar-refractivity contribution in [3.8, 4) is 16.9 Å². The van der Waals surface area contributed by atoms with Crippen molar-refractivity contribution in [2.75, 3.05) is 18.1 Å². The molecule has 0 bridgehead atoms. The van der Waals surface area contributed by atoms with E-state index in [2.05, 4.69) is 19.1 Å². The van der Waals surface area contributed by atoms with E-state index in [0.717, 1.165) is 40.7 Å². The number of nitrogens with zero attached hydrogens (tertiary/aromatic N) is 3. The highest BCUT2D eigenvalue weighted by Gasteiger charge is 2.33. The first-order valence-electron chi connectivity index (χ1n) is 11.3. The van der Waals surface area contributed by atoms with E-state index in [9.17, 15) is 13.2 Å². The summed E-state index contributed by atoms with van der Waals surface area (Å²) in [6, 6.07) is 17.9. The lowest BCUT2D eigenvalue weighted by Crippen LogP contribution is -2.32. The van der Waals surface area contributed by atoms with Gasteiger partial charge in [0.2, 0.25) is 0 Å². The minimum atomic E-state index is -4.21. The third kappa shape index (κ3) is 6.65. The molecule has 188 valence electrons. The number of carbonyl (C=O) groups excluding carboxylic acids is 1. The molecule has 0 unspecified atom stereocenters. The molecule has 2 aromatic carbocycles. The summed E-state index contributed by atoms with van der Waals surface area (Å²) in [5.74, 6) is 0.102. The molecule has 36 heavy (non-hydrogen) atoms. The molecular weight excluding hydrogens is 535 g/mol. The van der Waals surface area contributed by atoms with E-state index in [1.807, 2.05) is 60.4 Å². The Morgan fingerprint density at radius 2 is 1.86 bits per heavy atom. The number of benzene rings is 2. The van der Waals surface area contributed by atoms with Crippen LogP contribution in [0.5, 0.6) is 0 Å². The van der Waals surface area contributed by atoms with Crippen LogP contribution in [0.25, 0.3) is 23.0 Å². The predicted octanol–water partition coefficient (Wildman–Crippen LogP) is 5.52. The van der Waals surface area contributed by atoms with Crippen molar-refractivity contribution in [1.82, 2.24) is 14.7 Å². The molecule has 1 saturated heterocycles. The van der Waals surface area contributed by atoms with Crippen LogP contribution in [0.2, 0.25) is 0 Å². The average molecular weight is 560 g/mol. The molecule has 0 saturated carbocycles. The number of amides is 1. The van der Waals surface area contributed by atoms with Crippen molar-refractivity contribution < 1.29 is 17.8 Å². The molecule has 1 aliphatic rings. The highest BCUT2D eigenvalue weighted by molar-refractivity contribution is 8.26. The minimum absolute atomic E-state index is 0.200. The standard InChI is InChI=1S/C25H25N3O4S4/c1-2-3-14-34-21-11-9-18(10-12-21)23-19(17-28(26-23)20-7-5-4-6-8-20)16-22-24(29)27(25(33)35-22)13-15-36(30,31)32/h4-12,16-17H,2-3,13-15H2,1H3,(H,30,31,32). The van der Waals surface area contributed by atoms with Gasteiger partial charge in [0.15, 0.2) is 0 Å². The van der Waals surface area contributed by atoms with Crippen molar-refractivity contribution in [3.63, 3.8) is 0 Å². The third-order valence-electron chi connectivity index (χ3n) is 5.39. The molecule has 0 atom stereocenters. The average Bonchev–Trinajstić information content (AvgIpc) is 3.39. The second-order valence-electron chi connectivity index (χ2n) is 8.06. The fourth-order valence-corrected chi connectivity index (χ4v) is 6.22. The highest BCUT2D eigenvalue weighted by Crippen LogP contribution is 2.35. The second-order valence-corrected chi connectivity index (χ2v) is 12.5. The van der Waals surface area contributed by atoms with Crippen molar-refractivity contribution in [3.05, 3.63) is 71.3 Å². The number of thioether (sulfide) groups is 2. The van der Waals surface area contributed by atoms with Gasteiger partial charge in [0, 0.05) is 28.8 Å². The molecule has 7 nitrogen and oxygen atoms in total. The lowest BCUT2D eigenvalue weighted by molar-refractivity contribution is -0.121. The molecule has 1 fully saturated rings. The van der Waals surface area contributed by atoms with E-state index in [1.54, 1.807) is 10.8 Å². The molecule has 0 radical (unpaired) electrons. The van der Waals surface area contributed by atoms with Gasteiger partial charge in [0.1, 0.15) is 4.32 Å². The van der Waals surface area contributed by atoms with Crippen LogP contribution in [0, 0.1) is 0 Å². The van der Waals surface area contributed by atoms with Gasteiger partial charge < -0.3 is 0 Å². The maximum Gasteiger partial charge on any atom is 0.266 e. The molecule has 2 heterocycles. The summed E-state index contributed by atoms with van der Waals surface area (Å²) >= 11 is 8.22. The Bertz CT molecular complexity index is 1380. The van der Waals surface area contributed by atoms with Crippen molar-refractivity contribution in [2.24, 2.45) is 0 Å². The summed E-state index contributed by atoms with van der Waals surface area (Å²) in [5, 5.41) is 4.82. The SMILES string of the molecule is CCCCSc1ccc(-c2nn(-c3ccccc3)cc2C=C2SC(=S)N(CCS(=O)(=O)O)C2=O)cc1. The summed E-state index contributed by atoms with van der Waals surface area (Å²) in [5.41, 5.74) is 3.25. The Kier molecular flexibility index (Phi) is 8.68. The zero-order chi connectivity index (χ0) is 25.7. The fourth-order valence-electron chi connectivity index (χ4n) is 3.51. The van der Waals surface area contributed by atoms with E-state index >= 15 is 0 Å². The molecule has 0 aliphatic carbocycles. The monoisotopic (exact) mass is 559 g/mol. The number of hydrogen-bond donors (Lipinski definition) is 1. The Morgan fingerprint density at radius 3 is 2.53 bits per heavy atom. The number of rotatable bonds is 10. The maximum absolute atomic E-state index is 13.0. The first kappa shape index (κ1) is 26.6. The Morgan fingerprint density at radius 1 is 1.14 bits per heavy atom. The first-order valence-corrected chi connectivity index (χ1v) is 15.2. The smallest absolute Gasteiger partial charge is 0.266 e. The minimum Gasteiger partial charge on any atom is -0.292 e. The summed E-state index contributed by atoms with van der Waals surface area (Å²) in [6.07, 6.45) is 5.92. The number of thiocarbonyl (C=S) groups is 1. The summed E-state index contributed by atoms with van der Waals surface area (Å²) < 4.78 is 33.4. The molecule has 0 spiro atoms. The summed E-state index contributed by atoms with van der Waals surface area (Å²) in [6.45, 7) is 1.98. The second kappa shape index (κ2) is 11.7. The lowest BCUT2D eigenvalue weighted by atomic mass is 10.1. The topological polar surface area (TPSA) is 92.5 Å². The molecule has 3 aromatic rings. The number of hydrogen-bond acceptors (Lipinski definition) is 7. The molecule has 1 aliphatic heterocycles. The van der Waals surface area contributed by atoms with Gasteiger partial charge in [-0.3, -0.25) is 14.2 Å². The van der Waals surface area contributed by atoms with E-state index in [0.29, 0.717) is 10.6 Å². The lowest BCUT2D eigenvalue weighted by Gasteiger charge is -2.12. The Hall–Kier alpha value is -2.44. The first-order chi connectivity index (χ1) is 17.2. The highest BCUT2D eigenvalue weighted by atomic mass is 32.2. The number of para-hydroxylation sites is 1. The van der Waals surface area contributed by atoms with Crippen LogP contribution < -0.4 is 0 Å². The third-order valence-corrected chi connectivity index (χ3v) is 8.57. The molecular formula is C25H25N3O4S4. The van der Waals surface area contributed by atoms with Gasteiger partial charge in [0.05, 0.1) is 22.0 Å². The van der Waals surface area contributed by atoms with Gasteiger partial charge >= 0.3 is 0 Å². The molecule has 4 rings (SSSR count). The van der Waals surface area contributed by atoms with Crippen molar-refractivity contribution in [1.29, 1.82) is 0 Å². The van der Waals surface area contributed by atoms with Gasteiger partial charge in [-0.2, -0.15) is 13.5 Å². The van der Waals surface area contributed by atoms with E-state index in [4.69, 9.17) is 21.9 Å². The summed E-state index contributed by atoms with van der Waals surface area (Å²) in [4.78, 5) is 15.7. The van der Waals surface area contributed by atoms with Crippen LogP contribution in [-0.2, 0) is 14.9 Å². The van der Waals surface area contributed by atoms with Gasteiger partial charge in [-0.1, -0.05) is 67.7 Å². The Balaban J connectivity index is 1.67. The van der Waals surface area contributed by atoms with Crippen LogP contribution in [0.4, 0.5) is 0 Å². The maximum atomic E-state index is 13.0. The number of aromatic nitrogens is 2. The van der Waals surface area contributed by atoms with Gasteiger partial charge in [0.25, 0.3) is 16.0 Å². The van der Waals surface area contributed by atoms with Crippen LogP contribution in [-0.4, -0.2) is 55.9 Å². The molecule has 11 heteroatoms. The molecule has 1 aromatic heterocycles. The van der Waals surface area contributed by atoms with E-state index in [1.165, 1.54) is 16.2 Å². The molecule has 1 amide bonds. The zero-order valence-corrected chi connectivity index (χ0v) is 22.8. The van der Waals surface area contributed by atoms with Gasteiger partial charge in [-0.25, -0.2) is 4.68 Å². The van der Waals surface area contributed by atoms with Crippen molar-refractivity contribution in [2.45, 2.75) is 24.7 Å². The normalized spacial score (nSPS) is 15.3. The van der Waals surface area contributed by atoms with Gasteiger partial charge in [-0.05, 0) is 42.5 Å². The van der Waals surface area contributed by atoms with Crippen LogP contribution in [0.15, 0.2) is 70.6 Å². The Labute approximate surface area is 224 Å². The van der Waals surface area contributed by atoms with Gasteiger partial charge in [-0.15, -0.1) is 11.8 Å². The predicted molar refractivity (Wildman–Crippen MR) is 151 cm³/mol. The van der Waals surface area contributed by atoms with Crippen LogP contribution in [0.3, 0.4) is 0 Å². The van der Waals surface area contributed by atoms with E-state index in [-0.39, 0.29) is 10.9 Å². The van der Waals surface area contributed by atoms with Crippen molar-refractivity contribution >= 4 is 62.2 Å². The summed E-state index contributed by atoms with van der Waals surface area (Å²) in [7, 11) is -4.21. The number of carbonyl (C=O) groups is 1. The largest absolute Gasteiger partial charge is 0.292 e. The molecule has 1 N–H and O–H groups in total. The van der Waals surface area contributed by atoms with Crippen LogP contribution in [0.1, 0.15) is 25.3 Å². The van der Waals surface area contributed by atoms with Crippen LogP contribution >= 0.6 is 35.7 Å². The zero-order valence-electron chi connectivity index (χ0n) is 19.5. The van der Waals surface area contributed by atoms with E-state index < -0.39 is 21.8 Å². The quantitative estimate of drug-likeness (QED) is 0.114.